The van der Waals surface area contributed by atoms with Crippen molar-refractivity contribution in [2.24, 2.45) is 78.6 Å². The van der Waals surface area contributed by atoms with Crippen LogP contribution >= 0.6 is 74.4 Å². The molecule has 8 unspecified atom stereocenters. The number of aliphatic imine (C=N–C) groups is 4. The van der Waals surface area contributed by atoms with Crippen molar-refractivity contribution in [3.05, 3.63) is 171 Å². The number of methoxy groups -OCH3 is 1. The number of benzene rings is 6. The summed E-state index contributed by atoms with van der Waals surface area (Å²) in [7, 11) is 40.8. The van der Waals surface area contributed by atoms with Crippen LogP contribution in [0.4, 0.5) is 11.4 Å². The van der Waals surface area contributed by atoms with Gasteiger partial charge in [0, 0.05) is 59.2 Å². The Morgan fingerprint density at radius 2 is 0.549 bits per heavy atom. The molecule has 122 heavy (non-hydrogen) atoms. The van der Waals surface area contributed by atoms with Crippen LogP contribution in [0.15, 0.2) is 141 Å². The summed E-state index contributed by atoms with van der Waals surface area (Å²) >= 11 is -2.22. The second-order valence-corrected chi connectivity index (χ2v) is 47.9. The molecule has 9 nitrogen and oxygen atoms in total. The Morgan fingerprint density at radius 1 is 0.311 bits per heavy atom. The number of hydrogen-bond donors (Lipinski definition) is 4. The van der Waals surface area contributed by atoms with Gasteiger partial charge in [-0.15, -0.1) is 0 Å². The Kier molecular flexibility index (Phi) is 55.4. The van der Waals surface area contributed by atoms with Crippen LogP contribution in [-0.4, -0.2) is 64.5 Å². The SMILES string of the molecule is CC1CCCCCC(C)C1c1cccc(C=NC2CCC(C(C)(C)C)CC2)c1O.CC1CCCCCC(C)C1c1cccc(C=NC2CCCCC2)c1O.CC1CCCCCC(C)C1c1cccc(C=Nc2ccc(C(C)(C)C)cc2)c1O.COc1ccc(N=Cc2cccc(C3C(C)CCCCCC3C)c2O)cc1.[Cl][Ti][Cl].[Cl][Ti][Cl].[Cl][Ti][Cl].[Cl][Ti][Cl]. The molecule has 0 amide bonds. The van der Waals surface area contributed by atoms with E-state index in [0.29, 0.717) is 112 Å². The Balaban J connectivity index is 0.000000277. The van der Waals surface area contributed by atoms with Crippen molar-refractivity contribution in [1.82, 2.24) is 0 Å². The summed E-state index contributed by atoms with van der Waals surface area (Å²) in [6, 6.07) is 41.6. The summed E-state index contributed by atoms with van der Waals surface area (Å²) in [6.07, 6.45) is 44.6. The van der Waals surface area contributed by atoms with Crippen LogP contribution in [0.3, 0.4) is 0 Å². The average Bonchev–Trinajstić information content (AvgIpc) is 0.794. The van der Waals surface area contributed by atoms with Crippen LogP contribution in [0, 0.1) is 58.7 Å². The predicted octanol–water partition coefficient (Wildman–Crippen LogP) is 33.9. The monoisotopic (exact) mass is 1970 g/mol. The number of para-hydroxylation sites is 4. The number of ether oxygens (including phenoxy) is 1. The van der Waals surface area contributed by atoms with Gasteiger partial charge in [0.25, 0.3) is 0 Å². The van der Waals surface area contributed by atoms with Crippen LogP contribution in [0.5, 0.6) is 28.7 Å². The first-order valence-electron chi connectivity index (χ1n) is 45.5. The van der Waals surface area contributed by atoms with Gasteiger partial charge in [0.15, 0.2) is 0 Å². The van der Waals surface area contributed by atoms with Crippen molar-refractivity contribution in [2.45, 2.75) is 324 Å². The van der Waals surface area contributed by atoms with E-state index in [2.05, 4.69) is 174 Å². The summed E-state index contributed by atoms with van der Waals surface area (Å²) in [5.74, 6) is 9.95. The molecule has 6 aromatic rings. The molecule has 672 valence electrons. The van der Waals surface area contributed by atoms with Gasteiger partial charge in [-0.2, -0.15) is 0 Å². The molecular formula is C101H146Cl8N4O5Ti4. The van der Waals surface area contributed by atoms with E-state index in [9.17, 15) is 20.4 Å². The van der Waals surface area contributed by atoms with Gasteiger partial charge in [-0.3, -0.25) is 20.0 Å². The van der Waals surface area contributed by atoms with Crippen LogP contribution in [0.25, 0.3) is 0 Å². The normalized spacial score (nSPS) is 25.0. The van der Waals surface area contributed by atoms with E-state index < -0.39 is 68.1 Å². The third kappa shape index (κ3) is 38.2. The van der Waals surface area contributed by atoms with E-state index in [0.717, 1.165) is 67.5 Å². The second-order valence-electron chi connectivity index (χ2n) is 37.6. The van der Waals surface area contributed by atoms with Gasteiger partial charge in [-0.05, 0) is 215 Å². The van der Waals surface area contributed by atoms with Gasteiger partial charge in [0.1, 0.15) is 28.7 Å². The number of halogens is 8. The topological polar surface area (TPSA) is 140 Å². The van der Waals surface area contributed by atoms with Gasteiger partial charge in [0.05, 0.1) is 18.5 Å². The summed E-state index contributed by atoms with van der Waals surface area (Å²) < 4.78 is 5.18. The summed E-state index contributed by atoms with van der Waals surface area (Å²) in [5, 5.41) is 44.2. The van der Waals surface area contributed by atoms with Crippen molar-refractivity contribution in [3.63, 3.8) is 0 Å². The number of aromatic hydroxyl groups is 4. The minimum absolute atomic E-state index is 0.139. The molecule has 0 spiro atoms. The van der Waals surface area contributed by atoms with Crippen LogP contribution < -0.4 is 4.74 Å². The molecule has 12 rings (SSSR count). The van der Waals surface area contributed by atoms with Gasteiger partial charge >= 0.3 is 143 Å². The zero-order valence-corrected chi connectivity index (χ0v) is 88.3. The first kappa shape index (κ1) is 111. The van der Waals surface area contributed by atoms with E-state index in [1.807, 2.05) is 73.2 Å². The van der Waals surface area contributed by atoms with E-state index in [1.165, 1.54) is 192 Å². The molecule has 8 atom stereocenters. The van der Waals surface area contributed by atoms with Crippen molar-refractivity contribution < 1.29 is 93.3 Å². The van der Waals surface area contributed by atoms with Gasteiger partial charge in [-0.25, -0.2) is 0 Å². The van der Waals surface area contributed by atoms with E-state index in [-0.39, 0.29) is 5.41 Å². The third-order valence-corrected chi connectivity index (χ3v) is 26.9. The number of phenolic OH excluding ortho intramolecular Hbond substituents is 4. The molecule has 6 saturated carbocycles. The minimum atomic E-state index is -0.556. The molecule has 0 saturated heterocycles. The molecule has 0 aliphatic heterocycles. The van der Waals surface area contributed by atoms with Crippen molar-refractivity contribution >= 4 is 111 Å². The number of hydrogen-bond acceptors (Lipinski definition) is 9. The number of rotatable bonds is 13. The molecule has 6 aliphatic carbocycles. The van der Waals surface area contributed by atoms with Crippen LogP contribution in [0.2, 0.25) is 0 Å². The summed E-state index contributed by atoms with van der Waals surface area (Å²) in [6.45, 7) is 32.6. The first-order chi connectivity index (χ1) is 58.5. The molecule has 6 aromatic carbocycles. The number of phenols is 4. The quantitative estimate of drug-likeness (QED) is 0.0674. The molecule has 4 N–H and O–H groups in total. The Bertz CT molecular complexity index is 3930. The maximum atomic E-state index is 11.1. The average molecular weight is 1970 g/mol. The summed E-state index contributed by atoms with van der Waals surface area (Å²) in [4.78, 5) is 18.9. The van der Waals surface area contributed by atoms with E-state index in [4.69, 9.17) is 89.2 Å². The van der Waals surface area contributed by atoms with Gasteiger partial charge in [-0.1, -0.05) is 305 Å². The standard InChI is InChI=1S/C27H43NO.C27H37NO.C24H31NO2.C23H35NO.8ClH.4Ti/c2*1-19-10-7-6-8-11-20(2)25(19)24-13-9-12-21(26(24)29)18-28-23-16-14-22(15-17-23)27(3,4)5;1-17-8-5-4-6-9-18(2)23(17)22-11-7-10-19(24(22)26)16-25-20-12-14-21(27-3)15-13-20;1-17-10-5-3-6-11-18(2)22(17)21-15-9-12-19(23(21)25)16-24-20-13-7-4-8-14-20;;;;;;;;;;;;/h9,12-13,18-20,22-23,25,29H,6-8,10-11,14-17H2,1-5H3;9,12-20,25,29H,6-8,10-11H2,1-5H3;7,10-18,23,26H,4-6,8-9H2,1-3H3;9,12,15-18,20,22,25H,3-8,10-11,13-14H2,1-2H3;8*1H;;;;/q;;;;;;;;;;;;4*+2/p-8. The molecule has 0 bridgehead atoms. The number of nitrogens with zero attached hydrogens (tertiary/aromatic N) is 4. The maximum absolute atomic E-state index is 11.1. The van der Waals surface area contributed by atoms with E-state index >= 15 is 0 Å². The zero-order chi connectivity index (χ0) is 89.7. The summed E-state index contributed by atoms with van der Waals surface area (Å²) in [5.41, 5.74) is 11.5. The van der Waals surface area contributed by atoms with Crippen molar-refractivity contribution in [3.8, 4) is 28.7 Å². The Morgan fingerprint density at radius 3 is 0.795 bits per heavy atom. The predicted molar refractivity (Wildman–Crippen MR) is 516 cm³/mol. The van der Waals surface area contributed by atoms with Crippen molar-refractivity contribution in [1.29, 1.82) is 0 Å². The van der Waals surface area contributed by atoms with Crippen molar-refractivity contribution in [2.75, 3.05) is 7.11 Å². The fourth-order valence-corrected chi connectivity index (χ4v) is 20.1. The van der Waals surface area contributed by atoms with Gasteiger partial charge < -0.3 is 25.2 Å². The molecule has 6 fully saturated rings. The molecule has 0 aromatic heterocycles. The molecule has 21 heteroatoms. The fourth-order valence-electron chi connectivity index (χ4n) is 20.1. The van der Waals surface area contributed by atoms with Crippen LogP contribution in [-0.2, 0) is 73.5 Å². The molecule has 6 aliphatic rings. The second kappa shape index (κ2) is 61.0. The molecular weight excluding hydrogens is 1820 g/mol. The third-order valence-electron chi connectivity index (χ3n) is 26.9. The fraction of sp³-hybridized carbons (Fsp3) is 0.604. The first-order valence-corrected chi connectivity index (χ1v) is 62.7. The Labute approximate surface area is 805 Å². The zero-order valence-electron chi connectivity index (χ0n) is 76.0. The van der Waals surface area contributed by atoms with E-state index in [1.54, 1.807) is 13.3 Å². The Hall–Kier alpha value is -1.82. The van der Waals surface area contributed by atoms with Crippen LogP contribution in [0.1, 0.15) is 357 Å². The van der Waals surface area contributed by atoms with Gasteiger partial charge in [0.2, 0.25) is 0 Å². The molecule has 0 heterocycles. The molecule has 0 radical (unpaired) electrons.